The number of nitrogens with zero attached hydrogens (tertiary/aromatic N) is 2. The zero-order chi connectivity index (χ0) is 12.4. The van der Waals surface area contributed by atoms with E-state index in [1.165, 1.54) is 12.4 Å². The van der Waals surface area contributed by atoms with E-state index in [1.54, 1.807) is 13.0 Å². The molecule has 0 aliphatic carbocycles. The van der Waals surface area contributed by atoms with Crippen molar-refractivity contribution in [2.24, 2.45) is 0 Å². The van der Waals surface area contributed by atoms with Crippen molar-refractivity contribution in [3.63, 3.8) is 0 Å². The lowest BCUT2D eigenvalue weighted by molar-refractivity contribution is 0.102. The van der Waals surface area contributed by atoms with Gasteiger partial charge in [0, 0.05) is 18.0 Å². The smallest absolute Gasteiger partial charge is 0.261 e. The van der Waals surface area contributed by atoms with Crippen LogP contribution < -0.4 is 5.32 Å². The van der Waals surface area contributed by atoms with Gasteiger partial charge < -0.3 is 4.52 Å². The van der Waals surface area contributed by atoms with Crippen molar-refractivity contribution in [2.75, 3.05) is 5.32 Å². The molecule has 5 nitrogen and oxygen atoms in total. The molecule has 17 heavy (non-hydrogen) atoms. The number of hydrogen-bond acceptors (Lipinski definition) is 4. The molecule has 0 bridgehead atoms. The molecular formula is C11H10ClN3O2. The minimum absolute atomic E-state index is 0.294. The molecule has 2 heterocycles. The minimum atomic E-state index is -0.373. The first-order chi connectivity index (χ1) is 8.09. The van der Waals surface area contributed by atoms with E-state index in [0.717, 1.165) is 11.3 Å². The monoisotopic (exact) mass is 251 g/mol. The van der Waals surface area contributed by atoms with Crippen LogP contribution >= 0.6 is 11.6 Å². The van der Waals surface area contributed by atoms with Crippen molar-refractivity contribution >= 4 is 23.4 Å². The largest absolute Gasteiger partial charge is 0.338 e. The summed E-state index contributed by atoms with van der Waals surface area (Å²) in [5.74, 6) is -0.0465. The van der Waals surface area contributed by atoms with Crippen LogP contribution in [0.2, 0.25) is 5.02 Å². The molecule has 2 rings (SSSR count). The van der Waals surface area contributed by atoms with E-state index in [1.807, 2.05) is 6.92 Å². The van der Waals surface area contributed by atoms with E-state index in [-0.39, 0.29) is 5.91 Å². The van der Waals surface area contributed by atoms with Crippen LogP contribution in [0.1, 0.15) is 21.6 Å². The van der Waals surface area contributed by atoms with Crippen molar-refractivity contribution in [1.82, 2.24) is 10.1 Å². The van der Waals surface area contributed by atoms with E-state index in [4.69, 9.17) is 16.1 Å². The Bertz CT molecular complexity index is 566. The Morgan fingerprint density at radius 3 is 2.82 bits per heavy atom. The number of carbonyl (C=O) groups excluding carboxylic acids is 1. The highest BCUT2D eigenvalue weighted by Crippen LogP contribution is 2.20. The van der Waals surface area contributed by atoms with Crippen LogP contribution in [0.5, 0.6) is 0 Å². The van der Waals surface area contributed by atoms with Gasteiger partial charge in [-0.05, 0) is 19.9 Å². The SMILES string of the molecule is Cc1noc(NC(=O)c2cnccc2Cl)c1C. The lowest BCUT2D eigenvalue weighted by atomic mass is 10.2. The summed E-state index contributed by atoms with van der Waals surface area (Å²) in [6.45, 7) is 3.61. The van der Waals surface area contributed by atoms with Gasteiger partial charge in [0.05, 0.1) is 16.3 Å². The number of nitrogens with one attached hydrogen (secondary N) is 1. The number of aryl methyl sites for hydroxylation is 1. The normalized spacial score (nSPS) is 10.3. The van der Waals surface area contributed by atoms with Crippen molar-refractivity contribution in [3.8, 4) is 0 Å². The van der Waals surface area contributed by atoms with E-state index < -0.39 is 0 Å². The molecule has 0 aliphatic heterocycles. The molecule has 2 aromatic heterocycles. The maximum absolute atomic E-state index is 11.9. The van der Waals surface area contributed by atoms with E-state index in [0.29, 0.717) is 16.5 Å². The molecule has 0 fully saturated rings. The predicted molar refractivity (Wildman–Crippen MR) is 63.2 cm³/mol. The van der Waals surface area contributed by atoms with Crippen LogP contribution in [0.25, 0.3) is 0 Å². The predicted octanol–water partition coefficient (Wildman–Crippen LogP) is 2.59. The fraction of sp³-hybridized carbons (Fsp3) is 0.182. The van der Waals surface area contributed by atoms with Gasteiger partial charge in [-0.2, -0.15) is 0 Å². The summed E-state index contributed by atoms with van der Waals surface area (Å²) in [5.41, 5.74) is 1.82. The number of anilines is 1. The first-order valence-corrected chi connectivity index (χ1v) is 5.31. The summed E-state index contributed by atoms with van der Waals surface area (Å²) >= 11 is 5.88. The van der Waals surface area contributed by atoms with Gasteiger partial charge in [-0.3, -0.25) is 15.1 Å². The Labute approximate surface area is 103 Å². The second-order valence-electron chi connectivity index (χ2n) is 3.53. The van der Waals surface area contributed by atoms with Crippen molar-refractivity contribution < 1.29 is 9.32 Å². The first kappa shape index (κ1) is 11.6. The fourth-order valence-corrected chi connectivity index (χ4v) is 1.44. The summed E-state index contributed by atoms with van der Waals surface area (Å²) in [6, 6.07) is 1.55. The molecule has 1 amide bonds. The summed E-state index contributed by atoms with van der Waals surface area (Å²) < 4.78 is 4.98. The summed E-state index contributed by atoms with van der Waals surface area (Å²) in [5, 5.41) is 6.68. The van der Waals surface area contributed by atoms with Crippen LogP contribution in [0.15, 0.2) is 23.0 Å². The number of rotatable bonds is 2. The molecule has 0 aliphatic rings. The standard InChI is InChI=1S/C11H10ClN3O2/c1-6-7(2)15-17-11(6)14-10(16)8-5-13-4-3-9(8)12/h3-5H,1-2H3,(H,14,16). The first-order valence-electron chi connectivity index (χ1n) is 4.93. The highest BCUT2D eigenvalue weighted by atomic mass is 35.5. The maximum atomic E-state index is 11.9. The molecule has 88 valence electrons. The van der Waals surface area contributed by atoms with Crippen molar-refractivity contribution in [3.05, 3.63) is 40.3 Å². The minimum Gasteiger partial charge on any atom is -0.338 e. The highest BCUT2D eigenvalue weighted by Gasteiger charge is 2.15. The number of hydrogen-bond donors (Lipinski definition) is 1. The van der Waals surface area contributed by atoms with E-state index >= 15 is 0 Å². The molecule has 6 heteroatoms. The third kappa shape index (κ3) is 2.29. The Morgan fingerprint density at radius 1 is 1.47 bits per heavy atom. The number of amides is 1. The third-order valence-electron chi connectivity index (χ3n) is 2.40. The quantitative estimate of drug-likeness (QED) is 0.891. The van der Waals surface area contributed by atoms with Crippen LogP contribution in [-0.4, -0.2) is 16.0 Å². The number of carbonyl (C=O) groups is 1. The van der Waals surface area contributed by atoms with Gasteiger partial charge in [0.15, 0.2) is 0 Å². The number of pyridine rings is 1. The second kappa shape index (κ2) is 4.55. The molecule has 0 atom stereocenters. The molecule has 0 saturated carbocycles. The molecule has 2 aromatic rings. The Morgan fingerprint density at radius 2 is 2.24 bits per heavy atom. The Balaban J connectivity index is 2.23. The molecule has 0 unspecified atom stereocenters. The molecule has 1 N–H and O–H groups in total. The lowest BCUT2D eigenvalue weighted by Gasteiger charge is -2.03. The molecule has 0 aromatic carbocycles. The highest BCUT2D eigenvalue weighted by molar-refractivity contribution is 6.34. The second-order valence-corrected chi connectivity index (χ2v) is 3.94. The van der Waals surface area contributed by atoms with Gasteiger partial charge in [-0.25, -0.2) is 0 Å². The third-order valence-corrected chi connectivity index (χ3v) is 2.73. The van der Waals surface area contributed by atoms with E-state index in [2.05, 4.69) is 15.5 Å². The molecule has 0 spiro atoms. The molecule has 0 saturated heterocycles. The fourth-order valence-electron chi connectivity index (χ4n) is 1.25. The summed E-state index contributed by atoms with van der Waals surface area (Å²) in [4.78, 5) is 15.7. The van der Waals surface area contributed by atoms with Crippen LogP contribution in [0.3, 0.4) is 0 Å². The maximum Gasteiger partial charge on any atom is 0.261 e. The van der Waals surface area contributed by atoms with Gasteiger partial charge in [-0.1, -0.05) is 16.8 Å². The average molecular weight is 252 g/mol. The number of halogens is 1. The van der Waals surface area contributed by atoms with E-state index in [9.17, 15) is 4.79 Å². The van der Waals surface area contributed by atoms with Gasteiger partial charge in [0.2, 0.25) is 5.88 Å². The zero-order valence-corrected chi connectivity index (χ0v) is 10.1. The van der Waals surface area contributed by atoms with Crippen LogP contribution in [-0.2, 0) is 0 Å². The summed E-state index contributed by atoms with van der Waals surface area (Å²) in [7, 11) is 0. The lowest BCUT2D eigenvalue weighted by Crippen LogP contribution is -2.12. The summed E-state index contributed by atoms with van der Waals surface area (Å²) in [6.07, 6.45) is 2.92. The van der Waals surface area contributed by atoms with Crippen LogP contribution in [0, 0.1) is 13.8 Å². The molecular weight excluding hydrogens is 242 g/mol. The number of aromatic nitrogens is 2. The van der Waals surface area contributed by atoms with Crippen molar-refractivity contribution in [2.45, 2.75) is 13.8 Å². The van der Waals surface area contributed by atoms with Crippen molar-refractivity contribution in [1.29, 1.82) is 0 Å². The Hall–Kier alpha value is -1.88. The van der Waals surface area contributed by atoms with Gasteiger partial charge in [0.1, 0.15) is 0 Å². The zero-order valence-electron chi connectivity index (χ0n) is 9.32. The van der Waals surface area contributed by atoms with Gasteiger partial charge in [-0.15, -0.1) is 0 Å². The Kier molecular flexibility index (Phi) is 3.10. The van der Waals surface area contributed by atoms with Gasteiger partial charge in [0.25, 0.3) is 5.91 Å². The average Bonchev–Trinajstić information content (AvgIpc) is 2.61. The topological polar surface area (TPSA) is 68.0 Å². The molecule has 0 radical (unpaired) electrons. The van der Waals surface area contributed by atoms with Gasteiger partial charge >= 0.3 is 0 Å². The van der Waals surface area contributed by atoms with Crippen LogP contribution in [0.4, 0.5) is 5.88 Å².